The predicted molar refractivity (Wildman–Crippen MR) is 71.1 cm³/mol. The fourth-order valence-electron chi connectivity index (χ4n) is 2.05. The lowest BCUT2D eigenvalue weighted by molar-refractivity contribution is 0.123. The highest BCUT2D eigenvalue weighted by atomic mass is 19.2. The van der Waals surface area contributed by atoms with E-state index in [0.717, 1.165) is 23.5 Å². The Kier molecular flexibility index (Phi) is 4.52. The van der Waals surface area contributed by atoms with Gasteiger partial charge in [-0.2, -0.15) is 0 Å². The van der Waals surface area contributed by atoms with Gasteiger partial charge in [0, 0.05) is 18.7 Å². The number of aliphatic hydroxyl groups excluding tert-OH is 1. The molecule has 2 rings (SSSR count). The number of nitrogens with zero attached hydrogens (tertiary/aromatic N) is 1. The van der Waals surface area contributed by atoms with Gasteiger partial charge >= 0.3 is 0 Å². The van der Waals surface area contributed by atoms with Crippen LogP contribution in [0.2, 0.25) is 0 Å². The molecule has 5 heteroatoms. The second-order valence-corrected chi connectivity index (χ2v) is 4.89. The van der Waals surface area contributed by atoms with E-state index in [1.54, 1.807) is 6.26 Å². The summed E-state index contributed by atoms with van der Waals surface area (Å²) in [7, 11) is 1.84. The van der Waals surface area contributed by atoms with Gasteiger partial charge in [-0.05, 0) is 37.7 Å². The molecule has 1 aromatic heterocycles. The van der Waals surface area contributed by atoms with Gasteiger partial charge in [-0.25, -0.2) is 8.78 Å². The molecule has 1 aromatic carbocycles. The summed E-state index contributed by atoms with van der Waals surface area (Å²) in [6.07, 6.45) is 0.742. The van der Waals surface area contributed by atoms with E-state index in [0.29, 0.717) is 18.7 Å². The van der Waals surface area contributed by atoms with E-state index in [-0.39, 0.29) is 0 Å². The van der Waals surface area contributed by atoms with Crippen molar-refractivity contribution in [1.29, 1.82) is 0 Å². The number of furan rings is 1. The van der Waals surface area contributed by atoms with Crippen LogP contribution in [0.4, 0.5) is 8.78 Å². The smallest absolute Gasteiger partial charge is 0.159 e. The van der Waals surface area contributed by atoms with E-state index in [1.807, 2.05) is 24.9 Å². The zero-order chi connectivity index (χ0) is 14.7. The van der Waals surface area contributed by atoms with Gasteiger partial charge in [0.2, 0.25) is 0 Å². The Bertz CT molecular complexity index is 583. The normalized spacial score (nSPS) is 12.9. The van der Waals surface area contributed by atoms with Crippen molar-refractivity contribution in [2.75, 3.05) is 13.6 Å². The van der Waals surface area contributed by atoms with E-state index in [9.17, 15) is 13.9 Å². The Labute approximate surface area is 116 Å². The predicted octanol–water partition coefficient (Wildman–Crippen LogP) is 3.03. The van der Waals surface area contributed by atoms with Gasteiger partial charge in [0.25, 0.3) is 0 Å². The summed E-state index contributed by atoms with van der Waals surface area (Å²) in [5.74, 6) is -1.03. The molecule has 0 fully saturated rings. The summed E-state index contributed by atoms with van der Waals surface area (Å²) in [4.78, 5) is 1.89. The standard InChI is InChI=1S/C15H17F2NO2/c1-10-12(5-6-20-10)8-18(2)9-15(19)11-3-4-13(16)14(17)7-11/h3-7,15,19H,8-9H2,1-2H3. The van der Waals surface area contributed by atoms with Gasteiger partial charge in [0.05, 0.1) is 12.4 Å². The third-order valence-electron chi connectivity index (χ3n) is 3.22. The largest absolute Gasteiger partial charge is 0.469 e. The molecule has 3 nitrogen and oxygen atoms in total. The lowest BCUT2D eigenvalue weighted by atomic mass is 10.1. The van der Waals surface area contributed by atoms with E-state index >= 15 is 0 Å². The number of aryl methyl sites for hydroxylation is 1. The van der Waals surface area contributed by atoms with E-state index in [4.69, 9.17) is 4.42 Å². The van der Waals surface area contributed by atoms with Crippen LogP contribution in [0.15, 0.2) is 34.9 Å². The Hall–Kier alpha value is -1.72. The first-order chi connectivity index (χ1) is 9.47. The molecule has 1 atom stereocenters. The average molecular weight is 281 g/mol. The Balaban J connectivity index is 1.98. The van der Waals surface area contributed by atoms with Gasteiger partial charge in [-0.15, -0.1) is 0 Å². The third kappa shape index (κ3) is 3.43. The number of aliphatic hydroxyl groups is 1. The van der Waals surface area contributed by atoms with Gasteiger partial charge in [0.15, 0.2) is 11.6 Å². The molecule has 0 bridgehead atoms. The summed E-state index contributed by atoms with van der Waals surface area (Å²) in [6.45, 7) is 2.80. The SMILES string of the molecule is Cc1occc1CN(C)CC(O)c1ccc(F)c(F)c1. The molecule has 0 aliphatic carbocycles. The highest BCUT2D eigenvalue weighted by molar-refractivity contribution is 5.20. The summed E-state index contributed by atoms with van der Waals surface area (Å²) in [5.41, 5.74) is 1.39. The van der Waals surface area contributed by atoms with Crippen LogP contribution in [0.3, 0.4) is 0 Å². The van der Waals surface area contributed by atoms with Crippen LogP contribution in [-0.2, 0) is 6.54 Å². The molecule has 2 aromatic rings. The third-order valence-corrected chi connectivity index (χ3v) is 3.22. The second-order valence-electron chi connectivity index (χ2n) is 4.89. The first-order valence-corrected chi connectivity index (χ1v) is 6.32. The fourth-order valence-corrected chi connectivity index (χ4v) is 2.05. The molecule has 0 aliphatic rings. The van der Waals surface area contributed by atoms with Crippen molar-refractivity contribution in [1.82, 2.24) is 4.90 Å². The Morgan fingerprint density at radius 2 is 2.00 bits per heavy atom. The van der Waals surface area contributed by atoms with Crippen molar-refractivity contribution in [3.8, 4) is 0 Å². The lowest BCUT2D eigenvalue weighted by Gasteiger charge is -2.20. The summed E-state index contributed by atoms with van der Waals surface area (Å²) >= 11 is 0. The topological polar surface area (TPSA) is 36.6 Å². The molecule has 1 unspecified atom stereocenters. The van der Waals surface area contributed by atoms with Crippen LogP contribution in [0.5, 0.6) is 0 Å². The zero-order valence-electron chi connectivity index (χ0n) is 11.4. The van der Waals surface area contributed by atoms with Crippen LogP contribution < -0.4 is 0 Å². The first-order valence-electron chi connectivity index (χ1n) is 6.32. The minimum Gasteiger partial charge on any atom is -0.469 e. The number of hydrogen-bond donors (Lipinski definition) is 1. The van der Waals surface area contributed by atoms with Gasteiger partial charge in [0.1, 0.15) is 5.76 Å². The van der Waals surface area contributed by atoms with Crippen LogP contribution >= 0.6 is 0 Å². The minimum absolute atomic E-state index is 0.315. The number of benzene rings is 1. The monoisotopic (exact) mass is 281 g/mol. The van der Waals surface area contributed by atoms with Crippen molar-refractivity contribution in [3.63, 3.8) is 0 Å². The molecule has 0 radical (unpaired) electrons. The summed E-state index contributed by atoms with van der Waals surface area (Å²) < 4.78 is 31.2. The molecule has 0 saturated heterocycles. The van der Waals surface area contributed by atoms with Crippen molar-refractivity contribution in [3.05, 3.63) is 59.1 Å². The van der Waals surface area contributed by atoms with Crippen LogP contribution in [0, 0.1) is 18.6 Å². The van der Waals surface area contributed by atoms with Gasteiger partial charge in [-0.3, -0.25) is 4.90 Å². The molecule has 108 valence electrons. The van der Waals surface area contributed by atoms with Crippen molar-refractivity contribution in [2.24, 2.45) is 0 Å². The highest BCUT2D eigenvalue weighted by Gasteiger charge is 2.14. The van der Waals surface area contributed by atoms with E-state index < -0.39 is 17.7 Å². The Morgan fingerprint density at radius 1 is 1.25 bits per heavy atom. The van der Waals surface area contributed by atoms with E-state index in [2.05, 4.69) is 0 Å². The maximum Gasteiger partial charge on any atom is 0.159 e. The molecule has 0 saturated carbocycles. The van der Waals surface area contributed by atoms with Gasteiger partial charge in [-0.1, -0.05) is 6.07 Å². The Morgan fingerprint density at radius 3 is 2.60 bits per heavy atom. The maximum absolute atomic E-state index is 13.1. The molecule has 20 heavy (non-hydrogen) atoms. The summed E-state index contributed by atoms with van der Waals surface area (Å²) in [6, 6.07) is 5.31. The van der Waals surface area contributed by atoms with Crippen molar-refractivity contribution < 1.29 is 18.3 Å². The zero-order valence-corrected chi connectivity index (χ0v) is 11.4. The molecule has 0 amide bonds. The molecular weight excluding hydrogens is 264 g/mol. The fraction of sp³-hybridized carbons (Fsp3) is 0.333. The number of likely N-dealkylation sites (N-methyl/N-ethyl adjacent to an activating group) is 1. The first kappa shape index (κ1) is 14.7. The van der Waals surface area contributed by atoms with Crippen molar-refractivity contribution >= 4 is 0 Å². The maximum atomic E-state index is 13.1. The quantitative estimate of drug-likeness (QED) is 0.915. The number of hydrogen-bond acceptors (Lipinski definition) is 3. The summed E-state index contributed by atoms with van der Waals surface area (Å²) in [5, 5.41) is 10.0. The van der Waals surface area contributed by atoms with Crippen molar-refractivity contribution in [2.45, 2.75) is 19.6 Å². The number of rotatable bonds is 5. The average Bonchev–Trinajstić information content (AvgIpc) is 2.78. The lowest BCUT2D eigenvalue weighted by Crippen LogP contribution is -2.24. The molecule has 1 heterocycles. The molecule has 0 spiro atoms. The molecule has 1 N–H and O–H groups in total. The highest BCUT2D eigenvalue weighted by Crippen LogP contribution is 2.18. The van der Waals surface area contributed by atoms with Gasteiger partial charge < -0.3 is 9.52 Å². The van der Waals surface area contributed by atoms with Crippen LogP contribution in [0.25, 0.3) is 0 Å². The van der Waals surface area contributed by atoms with Crippen LogP contribution in [-0.4, -0.2) is 23.6 Å². The second kappa shape index (κ2) is 6.15. The number of halogens is 2. The molecular formula is C15H17F2NO2. The van der Waals surface area contributed by atoms with Crippen LogP contribution in [0.1, 0.15) is 23.0 Å². The molecule has 0 aliphatic heterocycles. The minimum atomic E-state index is -0.949. The van der Waals surface area contributed by atoms with E-state index in [1.165, 1.54) is 6.07 Å².